The number of oxazole rings is 1. The molecule has 7 nitrogen and oxygen atoms in total. The minimum atomic E-state index is -1.59. The Balaban J connectivity index is 2.05. The van der Waals surface area contributed by atoms with E-state index < -0.39 is 18.8 Å². The number of hydrogen-bond donors (Lipinski definition) is 2. The molecule has 1 aromatic heterocycles. The van der Waals surface area contributed by atoms with E-state index in [1.807, 2.05) is 0 Å². The third-order valence-corrected chi connectivity index (χ3v) is 3.68. The summed E-state index contributed by atoms with van der Waals surface area (Å²) in [6, 6.07) is 11.1. The second-order valence-electron chi connectivity index (χ2n) is 5.25. The van der Waals surface area contributed by atoms with Crippen LogP contribution in [0.15, 0.2) is 51.7 Å². The number of benzene rings is 2. The van der Waals surface area contributed by atoms with E-state index in [-0.39, 0.29) is 6.54 Å². The predicted octanol–water partition coefficient (Wildman–Crippen LogP) is 0.109. The van der Waals surface area contributed by atoms with E-state index in [1.54, 1.807) is 24.3 Å². The normalized spacial score (nSPS) is 10.8. The van der Waals surface area contributed by atoms with Gasteiger partial charge in [0.1, 0.15) is 0 Å². The van der Waals surface area contributed by atoms with Gasteiger partial charge in [-0.25, -0.2) is 9.59 Å². The summed E-state index contributed by atoms with van der Waals surface area (Å²) in [5.41, 5.74) is 2.13. The lowest BCUT2D eigenvalue weighted by Gasteiger charge is -2.06. The van der Waals surface area contributed by atoms with Gasteiger partial charge in [0, 0.05) is 0 Å². The highest BCUT2D eigenvalue weighted by Gasteiger charge is 2.15. The Hall–Kier alpha value is -2.84. The summed E-state index contributed by atoms with van der Waals surface area (Å²) in [6.45, 7) is 0.164. The monoisotopic (exact) mass is 327 g/mol. The van der Waals surface area contributed by atoms with Crippen LogP contribution in [0.25, 0.3) is 11.1 Å². The van der Waals surface area contributed by atoms with Crippen LogP contribution in [-0.4, -0.2) is 34.8 Å². The smallest absolute Gasteiger partial charge is 0.465 e. The zero-order valence-corrected chi connectivity index (χ0v) is 12.8. The Morgan fingerprint density at radius 2 is 2.04 bits per heavy atom. The van der Waals surface area contributed by atoms with E-state index in [4.69, 9.17) is 4.42 Å². The minimum absolute atomic E-state index is 0.164. The Kier molecular flexibility index (Phi) is 4.24. The molecule has 0 saturated carbocycles. The second-order valence-corrected chi connectivity index (χ2v) is 5.25. The molecule has 0 radical (unpaired) electrons. The molecule has 8 heteroatoms. The van der Waals surface area contributed by atoms with Gasteiger partial charge in [0.2, 0.25) is 0 Å². The molecule has 0 atom stereocenters. The van der Waals surface area contributed by atoms with Crippen molar-refractivity contribution in [2.24, 2.45) is 0 Å². The van der Waals surface area contributed by atoms with Gasteiger partial charge in [0.15, 0.2) is 5.58 Å². The number of fused-ring (bicyclic) bond motifs is 1. The summed E-state index contributed by atoms with van der Waals surface area (Å²) in [6.07, 6.45) is 0. The Bertz CT molecular complexity index is 959. The van der Waals surface area contributed by atoms with Crippen LogP contribution in [0.5, 0.6) is 0 Å². The largest absolute Gasteiger partial charge is 0.488 e. The molecule has 0 aliphatic carbocycles. The molecule has 0 saturated heterocycles. The number of aromatic nitrogens is 1. The third kappa shape index (κ3) is 2.97. The van der Waals surface area contributed by atoms with Crippen LogP contribution in [0.2, 0.25) is 0 Å². The first kappa shape index (κ1) is 16.0. The molecule has 122 valence electrons. The van der Waals surface area contributed by atoms with Crippen LogP contribution in [0.3, 0.4) is 0 Å². The van der Waals surface area contributed by atoms with Crippen molar-refractivity contribution in [1.82, 2.24) is 4.57 Å². The summed E-state index contributed by atoms with van der Waals surface area (Å²) in [4.78, 5) is 23.8. The molecule has 1 heterocycles. The Morgan fingerprint density at radius 3 is 2.75 bits per heavy atom. The van der Waals surface area contributed by atoms with Gasteiger partial charge in [-0.3, -0.25) is 4.57 Å². The molecule has 0 unspecified atom stereocenters. The fourth-order valence-electron chi connectivity index (χ4n) is 2.49. The van der Waals surface area contributed by atoms with E-state index in [1.165, 1.54) is 29.9 Å². The highest BCUT2D eigenvalue weighted by molar-refractivity contribution is 6.58. The van der Waals surface area contributed by atoms with E-state index in [0.29, 0.717) is 27.7 Å². The first-order valence-corrected chi connectivity index (χ1v) is 7.16. The zero-order chi connectivity index (χ0) is 17.3. The van der Waals surface area contributed by atoms with Crippen LogP contribution < -0.4 is 11.2 Å². The topological polar surface area (TPSA) is 102 Å². The van der Waals surface area contributed by atoms with Crippen molar-refractivity contribution in [3.05, 3.63) is 64.1 Å². The maximum absolute atomic E-state index is 12.1. The van der Waals surface area contributed by atoms with Gasteiger partial charge in [-0.1, -0.05) is 24.3 Å². The van der Waals surface area contributed by atoms with Crippen molar-refractivity contribution < 1.29 is 24.0 Å². The second kappa shape index (κ2) is 6.35. The quantitative estimate of drug-likeness (QED) is 0.521. The lowest BCUT2D eigenvalue weighted by molar-refractivity contribution is 0.0601. The molecule has 0 fully saturated rings. The van der Waals surface area contributed by atoms with Gasteiger partial charge in [-0.05, 0) is 29.2 Å². The summed E-state index contributed by atoms with van der Waals surface area (Å²) in [5, 5.41) is 18.5. The van der Waals surface area contributed by atoms with Gasteiger partial charge < -0.3 is 19.2 Å². The number of carbonyl (C=O) groups is 1. The molecule has 0 spiro atoms. The highest BCUT2D eigenvalue weighted by Crippen LogP contribution is 2.17. The first-order chi connectivity index (χ1) is 11.5. The maximum Gasteiger partial charge on any atom is 0.488 e. The molecule has 0 amide bonds. The lowest BCUT2D eigenvalue weighted by Crippen LogP contribution is -2.30. The first-order valence-electron chi connectivity index (χ1n) is 7.16. The zero-order valence-electron chi connectivity index (χ0n) is 12.8. The summed E-state index contributed by atoms with van der Waals surface area (Å²) in [7, 11) is -0.311. The van der Waals surface area contributed by atoms with E-state index in [9.17, 15) is 19.6 Å². The number of nitrogens with zero attached hydrogens (tertiary/aromatic N) is 1. The van der Waals surface area contributed by atoms with Crippen molar-refractivity contribution in [2.45, 2.75) is 6.54 Å². The molecular formula is C16H14BNO6. The lowest BCUT2D eigenvalue weighted by atomic mass is 9.79. The van der Waals surface area contributed by atoms with Crippen LogP contribution in [0.4, 0.5) is 0 Å². The van der Waals surface area contributed by atoms with E-state index in [2.05, 4.69) is 4.74 Å². The van der Waals surface area contributed by atoms with Gasteiger partial charge >= 0.3 is 18.8 Å². The van der Waals surface area contributed by atoms with Crippen LogP contribution in [0, 0.1) is 0 Å². The van der Waals surface area contributed by atoms with Crippen LogP contribution >= 0.6 is 0 Å². The molecule has 24 heavy (non-hydrogen) atoms. The van der Waals surface area contributed by atoms with Gasteiger partial charge in [0.25, 0.3) is 0 Å². The minimum Gasteiger partial charge on any atom is -0.465 e. The average molecular weight is 327 g/mol. The molecular weight excluding hydrogens is 313 g/mol. The van der Waals surface area contributed by atoms with Gasteiger partial charge in [-0.15, -0.1) is 0 Å². The summed E-state index contributed by atoms with van der Waals surface area (Å²) >= 11 is 0. The molecule has 2 aromatic carbocycles. The van der Waals surface area contributed by atoms with Crippen molar-refractivity contribution in [2.75, 3.05) is 7.11 Å². The number of hydrogen-bond acceptors (Lipinski definition) is 6. The fraction of sp³-hybridized carbons (Fsp3) is 0.125. The summed E-state index contributed by atoms with van der Waals surface area (Å²) in [5.74, 6) is -1.08. The number of methoxy groups -OCH3 is 1. The van der Waals surface area contributed by atoms with Gasteiger partial charge in [-0.2, -0.15) is 0 Å². The van der Waals surface area contributed by atoms with Crippen molar-refractivity contribution >= 4 is 29.7 Å². The molecule has 0 aliphatic heterocycles. The van der Waals surface area contributed by atoms with Crippen molar-refractivity contribution in [3.8, 4) is 0 Å². The number of ether oxygens (including phenoxy) is 1. The Morgan fingerprint density at radius 1 is 1.25 bits per heavy atom. The number of rotatable bonds is 4. The molecule has 3 rings (SSSR count). The third-order valence-electron chi connectivity index (χ3n) is 3.68. The highest BCUT2D eigenvalue weighted by atomic mass is 16.5. The van der Waals surface area contributed by atoms with Crippen LogP contribution in [-0.2, 0) is 11.3 Å². The predicted molar refractivity (Wildman–Crippen MR) is 87.2 cm³/mol. The Labute approximate surface area is 136 Å². The molecule has 0 aliphatic rings. The number of esters is 1. The van der Waals surface area contributed by atoms with Gasteiger partial charge in [0.05, 0.1) is 24.7 Å². The van der Waals surface area contributed by atoms with Crippen molar-refractivity contribution in [1.29, 1.82) is 0 Å². The average Bonchev–Trinajstić information content (AvgIpc) is 2.89. The van der Waals surface area contributed by atoms with Crippen LogP contribution in [0.1, 0.15) is 15.9 Å². The van der Waals surface area contributed by atoms with Crippen molar-refractivity contribution in [3.63, 3.8) is 0 Å². The standard InChI is InChI=1S/C16H14BNO6/c1-23-15(19)11-5-6-14-13(8-11)18(16(20)24-14)9-10-3-2-4-12(7-10)17(21)22/h2-8,21-22H,9H2,1H3. The summed E-state index contributed by atoms with van der Waals surface area (Å²) < 4.78 is 11.2. The maximum atomic E-state index is 12.1. The SMILES string of the molecule is COC(=O)c1ccc2oc(=O)n(Cc3cccc(B(O)O)c3)c2c1. The number of carbonyl (C=O) groups excluding carboxylic acids is 1. The fourth-order valence-corrected chi connectivity index (χ4v) is 2.49. The van der Waals surface area contributed by atoms with E-state index >= 15 is 0 Å². The molecule has 0 bridgehead atoms. The molecule has 2 N–H and O–H groups in total. The van der Waals surface area contributed by atoms with E-state index in [0.717, 1.165) is 0 Å². The molecule has 3 aromatic rings.